The van der Waals surface area contributed by atoms with Gasteiger partial charge in [0.05, 0.1) is 27.8 Å². The van der Waals surface area contributed by atoms with Crippen LogP contribution in [-0.4, -0.2) is 42.6 Å². The van der Waals surface area contributed by atoms with Gasteiger partial charge in [0.25, 0.3) is 0 Å². The third-order valence-electron chi connectivity index (χ3n) is 5.39. The zero-order chi connectivity index (χ0) is 22.3. The van der Waals surface area contributed by atoms with Crippen LogP contribution in [0.1, 0.15) is 24.1 Å². The monoisotopic (exact) mass is 469 g/mol. The largest absolute Gasteiger partial charge is 0.478 e. The number of benzene rings is 1. The van der Waals surface area contributed by atoms with Crippen molar-refractivity contribution in [3.8, 4) is 11.4 Å². The molecule has 3 heterocycles. The number of fused-ring (bicyclic) bond motifs is 1. The molecule has 0 unspecified atom stereocenters. The van der Waals surface area contributed by atoms with Gasteiger partial charge < -0.3 is 10.0 Å². The van der Waals surface area contributed by atoms with E-state index in [0.29, 0.717) is 37.3 Å². The second kappa shape index (κ2) is 8.16. The van der Waals surface area contributed by atoms with E-state index >= 15 is 0 Å². The molecular weight excluding hydrogens is 452 g/mol. The van der Waals surface area contributed by atoms with Gasteiger partial charge in [-0.25, -0.2) is 32.0 Å². The van der Waals surface area contributed by atoms with Crippen molar-refractivity contribution in [3.05, 3.63) is 52.2 Å². The van der Waals surface area contributed by atoms with Crippen LogP contribution < -0.4 is 4.90 Å². The molecule has 0 saturated carbocycles. The lowest BCUT2D eigenvalue weighted by Gasteiger charge is -2.32. The van der Waals surface area contributed by atoms with Crippen molar-refractivity contribution < 1.29 is 27.1 Å². The number of piperidine rings is 1. The van der Waals surface area contributed by atoms with Crippen molar-refractivity contribution in [1.82, 2.24) is 9.97 Å². The first-order valence-corrected chi connectivity index (χ1v) is 11.7. The van der Waals surface area contributed by atoms with E-state index in [1.807, 2.05) is 4.90 Å². The average Bonchev–Trinajstić information content (AvgIpc) is 3.02. The molecule has 7 nitrogen and oxygen atoms in total. The summed E-state index contributed by atoms with van der Waals surface area (Å²) < 4.78 is 52.9. The van der Waals surface area contributed by atoms with Crippen LogP contribution in [0, 0.1) is 17.6 Å². The summed E-state index contributed by atoms with van der Waals surface area (Å²) in [5.74, 6) is -2.80. The number of aromatic nitrogens is 2. The number of carboxylic acid groups (broad SMARTS) is 1. The maximum Gasteiger partial charge on any atom is 0.327 e. The number of hydrogen-bond acceptors (Lipinski definition) is 6. The minimum Gasteiger partial charge on any atom is -0.478 e. The Labute approximate surface area is 182 Å². The van der Waals surface area contributed by atoms with Crippen LogP contribution >= 0.6 is 11.6 Å². The summed E-state index contributed by atoms with van der Waals surface area (Å²) in [5.41, 5.74) is 0.551. The van der Waals surface area contributed by atoms with Crippen LogP contribution in [0.5, 0.6) is 0 Å². The summed E-state index contributed by atoms with van der Waals surface area (Å²) in [5, 5.41) is 8.42. The molecule has 2 aliphatic rings. The Balaban J connectivity index is 1.72. The van der Waals surface area contributed by atoms with E-state index in [4.69, 9.17) is 16.7 Å². The second-order valence-electron chi connectivity index (χ2n) is 7.60. The Hall–Kier alpha value is -2.59. The second-order valence-corrected chi connectivity index (χ2v) is 10.1. The van der Waals surface area contributed by atoms with Gasteiger partial charge >= 0.3 is 5.97 Å². The Morgan fingerprint density at radius 1 is 1.16 bits per heavy atom. The van der Waals surface area contributed by atoms with Crippen LogP contribution in [0.15, 0.2) is 24.3 Å². The molecule has 1 aromatic heterocycles. The molecule has 0 atom stereocenters. The molecule has 164 valence electrons. The van der Waals surface area contributed by atoms with Crippen LogP contribution in [-0.2, 0) is 26.1 Å². The molecule has 2 aromatic rings. The Kier molecular flexibility index (Phi) is 5.69. The van der Waals surface area contributed by atoms with Gasteiger partial charge in [0.1, 0.15) is 17.5 Å². The van der Waals surface area contributed by atoms with Crippen molar-refractivity contribution in [3.63, 3.8) is 0 Å². The van der Waals surface area contributed by atoms with Crippen molar-refractivity contribution in [1.29, 1.82) is 0 Å². The molecule has 31 heavy (non-hydrogen) atoms. The molecule has 0 bridgehead atoms. The minimum atomic E-state index is -3.41. The van der Waals surface area contributed by atoms with Gasteiger partial charge in [-0.1, -0.05) is 17.7 Å². The van der Waals surface area contributed by atoms with Gasteiger partial charge in [0.2, 0.25) is 0 Å². The first-order chi connectivity index (χ1) is 14.6. The molecule has 1 aromatic carbocycles. The summed E-state index contributed by atoms with van der Waals surface area (Å²) in [6.45, 7) is 1.02. The normalized spacial score (nSPS) is 18.5. The van der Waals surface area contributed by atoms with Gasteiger partial charge in [0.15, 0.2) is 15.7 Å². The van der Waals surface area contributed by atoms with Crippen molar-refractivity contribution in [2.45, 2.75) is 24.3 Å². The maximum absolute atomic E-state index is 14.5. The fourth-order valence-electron chi connectivity index (χ4n) is 3.86. The van der Waals surface area contributed by atoms with Gasteiger partial charge in [-0.3, -0.25) is 0 Å². The average molecular weight is 470 g/mol. The highest BCUT2D eigenvalue weighted by Crippen LogP contribution is 2.36. The van der Waals surface area contributed by atoms with Gasteiger partial charge in [0, 0.05) is 24.7 Å². The third kappa shape index (κ3) is 4.54. The smallest absolute Gasteiger partial charge is 0.327 e. The first kappa shape index (κ1) is 21.6. The molecule has 1 fully saturated rings. The molecule has 0 aliphatic carbocycles. The van der Waals surface area contributed by atoms with E-state index in [1.165, 1.54) is 0 Å². The van der Waals surface area contributed by atoms with E-state index in [-0.39, 0.29) is 39.5 Å². The fraction of sp³-hybridized carbons (Fsp3) is 0.350. The van der Waals surface area contributed by atoms with E-state index in [1.54, 1.807) is 6.08 Å². The lowest BCUT2D eigenvalue weighted by Crippen LogP contribution is -2.34. The predicted octanol–water partition coefficient (Wildman–Crippen LogP) is 3.36. The number of aliphatic carboxylic acids is 1. The van der Waals surface area contributed by atoms with Crippen LogP contribution in [0.25, 0.3) is 11.4 Å². The minimum absolute atomic E-state index is 0.0771. The van der Waals surface area contributed by atoms with E-state index in [0.717, 1.165) is 18.2 Å². The lowest BCUT2D eigenvalue weighted by molar-refractivity contribution is -0.131. The number of hydrogen-bond donors (Lipinski definition) is 1. The molecule has 4 rings (SSSR count). The van der Waals surface area contributed by atoms with Crippen LogP contribution in [0.2, 0.25) is 5.02 Å². The highest BCUT2D eigenvalue weighted by Gasteiger charge is 2.33. The first-order valence-electron chi connectivity index (χ1n) is 9.54. The topological polar surface area (TPSA) is 100 Å². The summed E-state index contributed by atoms with van der Waals surface area (Å²) in [6, 6.07) is 1.73. The Bertz CT molecular complexity index is 1200. The molecule has 0 spiro atoms. The van der Waals surface area contributed by atoms with E-state index in [2.05, 4.69) is 9.97 Å². The van der Waals surface area contributed by atoms with Gasteiger partial charge in [-0.05, 0) is 30.9 Å². The van der Waals surface area contributed by atoms with Gasteiger partial charge in [-0.15, -0.1) is 0 Å². The molecule has 11 heteroatoms. The molecule has 1 saturated heterocycles. The number of carbonyl (C=O) groups is 1. The summed E-state index contributed by atoms with van der Waals surface area (Å²) in [7, 11) is -3.41. The predicted molar refractivity (Wildman–Crippen MR) is 110 cm³/mol. The highest BCUT2D eigenvalue weighted by atomic mass is 35.5. The van der Waals surface area contributed by atoms with Crippen LogP contribution in [0.4, 0.5) is 14.6 Å². The number of allylic oxidation sites excluding steroid dienone is 1. The van der Waals surface area contributed by atoms with Crippen LogP contribution in [0.3, 0.4) is 0 Å². The SMILES string of the molecule is O=C(O)/C=C\C1CCN(c2nc(-c3cc(F)c(Cl)cc3F)nc3c2CS(=O)(=O)C3)CC1. The zero-order valence-electron chi connectivity index (χ0n) is 16.2. The number of nitrogens with zero attached hydrogens (tertiary/aromatic N) is 3. The fourth-order valence-corrected chi connectivity index (χ4v) is 5.51. The molecular formula is C20H18ClF2N3O4S. The Morgan fingerprint density at radius 2 is 1.87 bits per heavy atom. The number of rotatable bonds is 4. The van der Waals surface area contributed by atoms with E-state index in [9.17, 15) is 22.0 Å². The standard InChI is InChI=1S/C20H18ClF2N3O4S/c21-14-8-15(22)12(7-16(14)23)19-24-17-10-31(29,30)9-13(17)20(25-19)26-5-3-11(4-6-26)1-2-18(27)28/h1-2,7-8,11H,3-6,9-10H2,(H,27,28)/b2-1-. The third-order valence-corrected chi connectivity index (χ3v) is 7.12. The summed E-state index contributed by atoms with van der Waals surface area (Å²) >= 11 is 5.63. The summed E-state index contributed by atoms with van der Waals surface area (Å²) in [6.07, 6.45) is 4.06. The zero-order valence-corrected chi connectivity index (χ0v) is 17.8. The van der Waals surface area contributed by atoms with Crippen molar-refractivity contribution in [2.75, 3.05) is 18.0 Å². The highest BCUT2D eigenvalue weighted by molar-refractivity contribution is 7.90. The van der Waals surface area contributed by atoms with Crippen molar-refractivity contribution in [2.24, 2.45) is 5.92 Å². The number of anilines is 1. The Morgan fingerprint density at radius 3 is 2.55 bits per heavy atom. The number of sulfone groups is 1. The van der Waals surface area contributed by atoms with E-state index < -0.39 is 27.4 Å². The lowest BCUT2D eigenvalue weighted by atomic mass is 9.96. The maximum atomic E-state index is 14.5. The molecule has 1 N–H and O–H groups in total. The number of halogens is 3. The molecule has 0 radical (unpaired) electrons. The quantitative estimate of drug-likeness (QED) is 0.541. The summed E-state index contributed by atoms with van der Waals surface area (Å²) in [4.78, 5) is 21.3. The molecule has 2 aliphatic heterocycles. The number of carboxylic acids is 1. The van der Waals surface area contributed by atoms with Crippen molar-refractivity contribution >= 4 is 33.2 Å². The van der Waals surface area contributed by atoms with Gasteiger partial charge in [-0.2, -0.15) is 0 Å². The molecule has 0 amide bonds.